The van der Waals surface area contributed by atoms with Crippen LogP contribution < -0.4 is 10.5 Å². The third kappa shape index (κ3) is 5.66. The average Bonchev–Trinajstić information content (AvgIpc) is 3.26. The molecule has 0 aliphatic carbocycles. The van der Waals surface area contributed by atoms with Gasteiger partial charge in [-0.1, -0.05) is 42.5 Å². The van der Waals surface area contributed by atoms with E-state index < -0.39 is 5.97 Å². The van der Waals surface area contributed by atoms with Crippen molar-refractivity contribution in [1.82, 2.24) is 4.90 Å². The zero-order valence-electron chi connectivity index (χ0n) is 19.0. The second-order valence-electron chi connectivity index (χ2n) is 8.51. The van der Waals surface area contributed by atoms with Crippen LogP contribution in [0.4, 0.5) is 0 Å². The molecule has 0 bridgehead atoms. The Bertz CT molecular complexity index is 1210. The number of benzene rings is 3. The maximum atomic E-state index is 11.7. The number of hydrogen-bond donors (Lipinski definition) is 4. The fraction of sp³-hybridized carbons (Fsp3) is 0.269. The van der Waals surface area contributed by atoms with E-state index in [-0.39, 0.29) is 36.7 Å². The van der Waals surface area contributed by atoms with Crippen LogP contribution in [0.2, 0.25) is 0 Å². The Morgan fingerprint density at radius 2 is 1.76 bits per heavy atom. The average molecular weight is 481 g/mol. The van der Waals surface area contributed by atoms with Crippen LogP contribution in [0.15, 0.2) is 60.7 Å². The molecule has 5 N–H and O–H groups in total. The molecule has 3 aromatic rings. The lowest BCUT2D eigenvalue weighted by Gasteiger charge is -2.19. The monoisotopic (exact) mass is 480 g/mol. The summed E-state index contributed by atoms with van der Waals surface area (Å²) in [5.74, 6) is 0.113. The zero-order chi connectivity index (χ0) is 23.5. The lowest BCUT2D eigenvalue weighted by atomic mass is 9.87. The van der Waals surface area contributed by atoms with Crippen molar-refractivity contribution in [3.63, 3.8) is 0 Å². The van der Waals surface area contributed by atoms with E-state index in [0.717, 1.165) is 40.6 Å². The van der Waals surface area contributed by atoms with Gasteiger partial charge >= 0.3 is 5.97 Å². The number of hydrogen-bond acceptors (Lipinski definition) is 4. The summed E-state index contributed by atoms with van der Waals surface area (Å²) in [6, 6.07) is 19.1. The van der Waals surface area contributed by atoms with E-state index in [1.54, 1.807) is 6.92 Å². The summed E-state index contributed by atoms with van der Waals surface area (Å²) in [4.78, 5) is 13.7. The van der Waals surface area contributed by atoms with Crippen LogP contribution in [0.25, 0.3) is 10.8 Å². The minimum Gasteiger partial charge on any atom is -0.489 e. The molecule has 1 heterocycles. The Morgan fingerprint density at radius 1 is 1.09 bits per heavy atom. The van der Waals surface area contributed by atoms with Crippen LogP contribution in [0, 0.1) is 10.8 Å². The van der Waals surface area contributed by atoms with Gasteiger partial charge in [-0.25, -0.2) is 0 Å². The Labute approximate surface area is 205 Å². The molecule has 8 heteroatoms. The normalized spacial score (nSPS) is 16.0. The number of halogens is 1. The number of carbonyl (C=O) groups is 1. The number of nitrogen functional groups attached to an aromatic ring is 1. The van der Waals surface area contributed by atoms with Crippen molar-refractivity contribution in [2.75, 3.05) is 13.1 Å². The van der Waals surface area contributed by atoms with Gasteiger partial charge in [0.05, 0.1) is 18.8 Å². The first kappa shape index (κ1) is 25.1. The van der Waals surface area contributed by atoms with Crippen LogP contribution in [0.3, 0.4) is 0 Å². The minimum absolute atomic E-state index is 0. The Balaban J connectivity index is 0.00000324. The summed E-state index contributed by atoms with van der Waals surface area (Å²) in [5, 5.41) is 26.9. The van der Waals surface area contributed by atoms with Crippen molar-refractivity contribution < 1.29 is 14.6 Å². The number of aliphatic carboxylic acids is 1. The molecule has 0 amide bonds. The maximum absolute atomic E-state index is 11.7. The van der Waals surface area contributed by atoms with Crippen LogP contribution in [-0.4, -0.2) is 46.8 Å². The number of ether oxygens (including phenoxy) is 1. The summed E-state index contributed by atoms with van der Waals surface area (Å²) < 4.78 is 6.08. The third-order valence-corrected chi connectivity index (χ3v) is 6.16. The van der Waals surface area contributed by atoms with Gasteiger partial charge in [-0.05, 0) is 47.0 Å². The summed E-state index contributed by atoms with van der Waals surface area (Å²) in [6.07, 6.45) is 0.884. The predicted molar refractivity (Wildman–Crippen MR) is 137 cm³/mol. The number of nitrogens with two attached hydrogens (primary N) is 1. The van der Waals surface area contributed by atoms with Gasteiger partial charge in [0.25, 0.3) is 0 Å². The molecule has 3 aromatic carbocycles. The highest BCUT2D eigenvalue weighted by molar-refractivity contribution is 5.99. The highest BCUT2D eigenvalue weighted by Gasteiger charge is 2.24. The summed E-state index contributed by atoms with van der Waals surface area (Å²) in [6.45, 7) is 3.32. The van der Waals surface area contributed by atoms with Crippen molar-refractivity contribution in [3.05, 3.63) is 77.4 Å². The first-order valence-corrected chi connectivity index (χ1v) is 11.0. The molecular formula is C26H29ClN4O3. The van der Waals surface area contributed by atoms with E-state index in [4.69, 9.17) is 21.3 Å². The Morgan fingerprint density at radius 3 is 2.38 bits per heavy atom. The molecule has 0 radical (unpaired) electrons. The molecular weight excluding hydrogens is 452 g/mol. The van der Waals surface area contributed by atoms with Gasteiger partial charge in [-0.15, -0.1) is 12.4 Å². The van der Waals surface area contributed by atoms with Crippen molar-refractivity contribution in [1.29, 1.82) is 10.8 Å². The van der Waals surface area contributed by atoms with E-state index in [1.165, 1.54) is 0 Å². The number of carboxylic acid groups (broad SMARTS) is 1. The summed E-state index contributed by atoms with van der Waals surface area (Å²) in [7, 11) is 0. The first-order chi connectivity index (χ1) is 15.8. The second-order valence-corrected chi connectivity index (χ2v) is 8.51. The molecule has 1 aliphatic heterocycles. The van der Waals surface area contributed by atoms with Crippen molar-refractivity contribution in [2.24, 2.45) is 5.73 Å². The number of nitrogens with zero attached hydrogens (tertiary/aromatic N) is 1. The molecule has 0 saturated carbocycles. The fourth-order valence-electron chi connectivity index (χ4n) is 4.35. The number of fused-ring (bicyclic) bond motifs is 1. The van der Waals surface area contributed by atoms with E-state index in [1.807, 2.05) is 65.6 Å². The highest BCUT2D eigenvalue weighted by Crippen LogP contribution is 2.32. The highest BCUT2D eigenvalue weighted by atomic mass is 35.5. The van der Waals surface area contributed by atoms with Gasteiger partial charge < -0.3 is 20.5 Å². The second kappa shape index (κ2) is 10.6. The number of rotatable bonds is 7. The molecule has 0 unspecified atom stereocenters. The summed E-state index contributed by atoms with van der Waals surface area (Å²) >= 11 is 0. The predicted octanol–water partition coefficient (Wildman–Crippen LogP) is 4.60. The van der Waals surface area contributed by atoms with Crippen LogP contribution in [0.5, 0.6) is 5.75 Å². The van der Waals surface area contributed by atoms with Crippen LogP contribution in [-0.2, 0) is 4.79 Å². The molecule has 1 fully saturated rings. The third-order valence-electron chi connectivity index (χ3n) is 6.16. The van der Waals surface area contributed by atoms with E-state index in [0.29, 0.717) is 17.9 Å². The van der Waals surface area contributed by atoms with Gasteiger partial charge in [0.2, 0.25) is 0 Å². The van der Waals surface area contributed by atoms with E-state index in [2.05, 4.69) is 0 Å². The van der Waals surface area contributed by atoms with Crippen molar-refractivity contribution in [2.45, 2.75) is 31.8 Å². The lowest BCUT2D eigenvalue weighted by Crippen LogP contribution is -2.28. The van der Waals surface area contributed by atoms with Gasteiger partial charge in [-0.2, -0.15) is 0 Å². The number of likely N-dealkylation sites (tertiary alicyclic amines) is 1. The quantitative estimate of drug-likeness (QED) is 0.290. The Kier molecular flexibility index (Phi) is 7.79. The number of nitrogens with one attached hydrogen (secondary N) is 2. The smallest absolute Gasteiger partial charge is 0.304 e. The molecule has 0 spiro atoms. The van der Waals surface area contributed by atoms with E-state index >= 15 is 0 Å². The maximum Gasteiger partial charge on any atom is 0.304 e. The van der Waals surface area contributed by atoms with Gasteiger partial charge in [-0.3, -0.25) is 15.6 Å². The minimum atomic E-state index is -0.869. The molecule has 2 atom stereocenters. The number of carboxylic acids is 1. The number of amidine groups is 2. The largest absolute Gasteiger partial charge is 0.489 e. The van der Waals surface area contributed by atoms with E-state index in [9.17, 15) is 9.90 Å². The summed E-state index contributed by atoms with van der Waals surface area (Å²) in [5.41, 5.74) is 8.07. The molecule has 178 valence electrons. The fourth-order valence-corrected chi connectivity index (χ4v) is 4.35. The zero-order valence-corrected chi connectivity index (χ0v) is 19.8. The van der Waals surface area contributed by atoms with Gasteiger partial charge in [0.1, 0.15) is 17.7 Å². The van der Waals surface area contributed by atoms with Crippen molar-refractivity contribution in [3.8, 4) is 5.75 Å². The molecule has 0 aromatic heterocycles. The molecule has 1 aliphatic rings. The van der Waals surface area contributed by atoms with Crippen LogP contribution >= 0.6 is 12.4 Å². The van der Waals surface area contributed by atoms with Gasteiger partial charge in [0, 0.05) is 24.4 Å². The molecule has 7 nitrogen and oxygen atoms in total. The molecule has 34 heavy (non-hydrogen) atoms. The molecule has 4 rings (SSSR count). The Hall–Kier alpha value is -3.58. The first-order valence-electron chi connectivity index (χ1n) is 11.0. The standard InChI is InChI=1S/C26H28N4O3.ClH/c1-16(27)30-11-10-23(15-30)33-22-8-6-18(7-9-22)24(14-25(31)32)19-4-2-17-3-5-20(26(28)29)13-21(17)12-19;/h2-9,12-13,23-24,27H,10-11,14-15H2,1H3,(H3,28,29)(H,31,32);1H/t23-,24-;/m0./s1. The molecule has 1 saturated heterocycles. The topological polar surface area (TPSA) is 123 Å². The van der Waals surface area contributed by atoms with Gasteiger partial charge in [0.15, 0.2) is 0 Å². The SMILES string of the molecule is CC(=N)N1CC[C@H](Oc2ccc([C@H](CC(=O)O)c3ccc4ccc(C(=N)N)cc4c3)cc2)C1.Cl. The van der Waals surface area contributed by atoms with Crippen molar-refractivity contribution >= 4 is 40.8 Å². The van der Waals surface area contributed by atoms with Crippen LogP contribution in [0.1, 0.15) is 42.4 Å². The lowest BCUT2D eigenvalue weighted by molar-refractivity contribution is -0.137.